The van der Waals surface area contributed by atoms with Gasteiger partial charge < -0.3 is 15.4 Å². The highest BCUT2D eigenvalue weighted by molar-refractivity contribution is 5.76. The van der Waals surface area contributed by atoms with Crippen molar-refractivity contribution in [2.75, 3.05) is 23.7 Å². The second kappa shape index (κ2) is 7.99. The summed E-state index contributed by atoms with van der Waals surface area (Å²) >= 11 is 0. The highest BCUT2D eigenvalue weighted by Crippen LogP contribution is 2.22. The fourth-order valence-corrected chi connectivity index (χ4v) is 4.29. The first-order valence-corrected chi connectivity index (χ1v) is 10.5. The first-order chi connectivity index (χ1) is 15.0. The molecule has 0 bridgehead atoms. The van der Waals surface area contributed by atoms with E-state index >= 15 is 0 Å². The van der Waals surface area contributed by atoms with Gasteiger partial charge in [0.25, 0.3) is 0 Å². The van der Waals surface area contributed by atoms with E-state index in [-0.39, 0.29) is 12.2 Å². The van der Waals surface area contributed by atoms with Crippen LogP contribution in [0, 0.1) is 0 Å². The van der Waals surface area contributed by atoms with Gasteiger partial charge in [-0.05, 0) is 48.7 Å². The van der Waals surface area contributed by atoms with Gasteiger partial charge in [-0.3, -0.25) is 4.68 Å². The molecule has 0 spiro atoms. The first kappa shape index (κ1) is 19.5. The molecule has 3 N–H and O–H groups in total. The Labute approximate surface area is 180 Å². The summed E-state index contributed by atoms with van der Waals surface area (Å²) in [6.07, 6.45) is 5.09. The summed E-state index contributed by atoms with van der Waals surface area (Å²) in [5, 5.41) is 15.4. The first-order valence-electron chi connectivity index (χ1n) is 10.5. The molecular formula is C22H26N8O. The van der Waals surface area contributed by atoms with Gasteiger partial charge in [-0.25, -0.2) is 4.98 Å². The van der Waals surface area contributed by atoms with E-state index in [1.165, 1.54) is 11.3 Å². The maximum Gasteiger partial charge on any atom is 0.203 e. The van der Waals surface area contributed by atoms with Crippen molar-refractivity contribution in [2.45, 2.75) is 39.0 Å². The van der Waals surface area contributed by atoms with Crippen LogP contribution in [0.25, 0.3) is 11.2 Å². The normalized spacial score (nSPS) is 19.2. The van der Waals surface area contributed by atoms with Crippen LogP contribution in [-0.2, 0) is 17.7 Å². The van der Waals surface area contributed by atoms with Crippen LogP contribution in [0.2, 0.25) is 0 Å². The van der Waals surface area contributed by atoms with Crippen LogP contribution in [0.5, 0.6) is 0 Å². The number of rotatable bonds is 5. The van der Waals surface area contributed by atoms with Gasteiger partial charge in [0.15, 0.2) is 0 Å². The van der Waals surface area contributed by atoms with Crippen LogP contribution in [0.15, 0.2) is 42.7 Å². The zero-order valence-electron chi connectivity index (χ0n) is 17.7. The van der Waals surface area contributed by atoms with Crippen LogP contribution in [0.4, 0.5) is 11.5 Å². The molecular weight excluding hydrogens is 392 g/mol. The molecule has 160 valence electrons. The molecule has 1 aromatic carbocycles. The van der Waals surface area contributed by atoms with Gasteiger partial charge in [0.1, 0.15) is 11.3 Å². The maximum absolute atomic E-state index is 5.91. The number of aromatic nitrogens is 6. The number of nitrogens with zero attached hydrogens (tertiary/aromatic N) is 6. The number of benzene rings is 1. The average molecular weight is 419 g/mol. The van der Waals surface area contributed by atoms with Crippen LogP contribution in [-0.4, -0.2) is 55.5 Å². The molecule has 0 aliphatic carbocycles. The van der Waals surface area contributed by atoms with Gasteiger partial charge in [0.2, 0.25) is 5.65 Å². The number of aromatic amines is 1. The number of morpholine rings is 1. The lowest BCUT2D eigenvalue weighted by atomic mass is 10.1. The largest absolute Gasteiger partial charge is 0.384 e. The third kappa shape index (κ3) is 4.22. The minimum atomic E-state index is 0.236. The van der Waals surface area contributed by atoms with Crippen molar-refractivity contribution in [3.63, 3.8) is 0 Å². The Morgan fingerprint density at radius 3 is 2.81 bits per heavy atom. The Kier molecular flexibility index (Phi) is 5.03. The number of fused-ring (bicyclic) bond motifs is 1. The number of nitrogens with one attached hydrogen (secondary N) is 1. The highest BCUT2D eigenvalue weighted by atomic mass is 16.5. The number of ether oxygens (including phenoxy) is 1. The molecule has 1 aliphatic heterocycles. The standard InChI is InChI=1S/C22H26N8O/c1-14-10-29(11-15(2)31-14)19-5-3-4-16(7-19)12-30-13-17(9-24-30)6-18-8-20(23)25-22-21(18)26-28-27-22/h3-5,7-9,13-15H,6,10-12H2,1-2H3,(H3,23,25,26,27,28). The van der Waals surface area contributed by atoms with E-state index in [2.05, 4.69) is 74.7 Å². The molecule has 1 saturated heterocycles. The van der Waals surface area contributed by atoms with Crippen molar-refractivity contribution in [1.29, 1.82) is 0 Å². The van der Waals surface area contributed by atoms with Crippen molar-refractivity contribution in [1.82, 2.24) is 30.2 Å². The molecule has 3 aromatic heterocycles. The van der Waals surface area contributed by atoms with E-state index in [1.54, 1.807) is 0 Å². The predicted molar refractivity (Wildman–Crippen MR) is 119 cm³/mol. The summed E-state index contributed by atoms with van der Waals surface area (Å²) in [5.41, 5.74) is 11.7. The molecule has 9 heteroatoms. The SMILES string of the molecule is CC1CN(c2cccc(Cn3cc(Cc4cc(N)nc5n[nH]nc45)cn3)c2)CC(C)O1. The zero-order valence-corrected chi connectivity index (χ0v) is 17.7. The quantitative estimate of drug-likeness (QED) is 0.512. The number of hydrogen-bond acceptors (Lipinski definition) is 7. The third-order valence-corrected chi connectivity index (χ3v) is 5.51. The van der Waals surface area contributed by atoms with E-state index in [9.17, 15) is 0 Å². The highest BCUT2D eigenvalue weighted by Gasteiger charge is 2.22. The Morgan fingerprint density at radius 1 is 1.13 bits per heavy atom. The summed E-state index contributed by atoms with van der Waals surface area (Å²) in [7, 11) is 0. The number of anilines is 2. The van der Waals surface area contributed by atoms with E-state index in [0.717, 1.165) is 29.7 Å². The van der Waals surface area contributed by atoms with E-state index < -0.39 is 0 Å². The predicted octanol–water partition coefficient (Wildman–Crippen LogP) is 2.38. The van der Waals surface area contributed by atoms with E-state index in [4.69, 9.17) is 10.5 Å². The van der Waals surface area contributed by atoms with Crippen molar-refractivity contribution in [3.05, 3.63) is 59.4 Å². The fraction of sp³-hybridized carbons (Fsp3) is 0.364. The molecule has 0 radical (unpaired) electrons. The lowest BCUT2D eigenvalue weighted by molar-refractivity contribution is -0.00522. The third-order valence-electron chi connectivity index (χ3n) is 5.51. The minimum absolute atomic E-state index is 0.236. The monoisotopic (exact) mass is 418 g/mol. The molecule has 1 aliphatic rings. The molecule has 1 fully saturated rings. The van der Waals surface area contributed by atoms with Gasteiger partial charge in [-0.1, -0.05) is 12.1 Å². The summed E-state index contributed by atoms with van der Waals surface area (Å²) < 4.78 is 7.83. The maximum atomic E-state index is 5.91. The second-order valence-electron chi connectivity index (χ2n) is 8.26. The molecule has 2 atom stereocenters. The Morgan fingerprint density at radius 2 is 1.97 bits per heavy atom. The van der Waals surface area contributed by atoms with Gasteiger partial charge in [0, 0.05) is 31.4 Å². The molecule has 5 rings (SSSR count). The van der Waals surface area contributed by atoms with Gasteiger partial charge in [0.05, 0.1) is 24.9 Å². The zero-order chi connectivity index (χ0) is 21.4. The Hall–Kier alpha value is -3.46. The van der Waals surface area contributed by atoms with Crippen LogP contribution < -0.4 is 10.6 Å². The van der Waals surface area contributed by atoms with Crippen LogP contribution >= 0.6 is 0 Å². The molecule has 0 amide bonds. The molecule has 0 saturated carbocycles. The fourth-order valence-electron chi connectivity index (χ4n) is 4.29. The lowest BCUT2D eigenvalue weighted by Gasteiger charge is -2.37. The number of nitrogen functional groups attached to an aromatic ring is 1. The topological polar surface area (TPSA) is 111 Å². The number of hydrogen-bond donors (Lipinski definition) is 2. The smallest absolute Gasteiger partial charge is 0.203 e. The van der Waals surface area contributed by atoms with E-state index in [1.807, 2.05) is 16.9 Å². The Bertz CT molecular complexity index is 1190. The van der Waals surface area contributed by atoms with Crippen molar-refractivity contribution >= 4 is 22.7 Å². The van der Waals surface area contributed by atoms with Crippen molar-refractivity contribution in [3.8, 4) is 0 Å². The van der Waals surface area contributed by atoms with Gasteiger partial charge >= 0.3 is 0 Å². The number of H-pyrrole nitrogens is 1. The van der Waals surface area contributed by atoms with Crippen LogP contribution in [0.3, 0.4) is 0 Å². The molecule has 4 heterocycles. The van der Waals surface area contributed by atoms with Crippen molar-refractivity contribution < 1.29 is 4.74 Å². The molecule has 31 heavy (non-hydrogen) atoms. The molecule has 9 nitrogen and oxygen atoms in total. The number of pyridine rings is 1. The minimum Gasteiger partial charge on any atom is -0.384 e. The van der Waals surface area contributed by atoms with Crippen molar-refractivity contribution in [2.24, 2.45) is 0 Å². The summed E-state index contributed by atoms with van der Waals surface area (Å²) in [6.45, 7) is 6.78. The summed E-state index contributed by atoms with van der Waals surface area (Å²) in [4.78, 5) is 6.59. The van der Waals surface area contributed by atoms with Gasteiger partial charge in [-0.2, -0.15) is 15.4 Å². The summed E-state index contributed by atoms with van der Waals surface area (Å²) in [5.74, 6) is 0.437. The summed E-state index contributed by atoms with van der Waals surface area (Å²) in [6, 6.07) is 10.5. The average Bonchev–Trinajstić information content (AvgIpc) is 3.37. The second-order valence-corrected chi connectivity index (χ2v) is 8.26. The molecule has 2 unspecified atom stereocenters. The Balaban J connectivity index is 1.31. The lowest BCUT2D eigenvalue weighted by Crippen LogP contribution is -2.45. The number of nitrogens with two attached hydrogens (primary N) is 1. The van der Waals surface area contributed by atoms with Crippen LogP contribution in [0.1, 0.15) is 30.5 Å². The van der Waals surface area contributed by atoms with Gasteiger partial charge in [-0.15, -0.1) is 5.10 Å². The van der Waals surface area contributed by atoms with E-state index in [0.29, 0.717) is 24.4 Å². The molecule has 4 aromatic rings.